The van der Waals surface area contributed by atoms with Crippen molar-refractivity contribution >= 4 is 28.2 Å². The van der Waals surface area contributed by atoms with Crippen LogP contribution < -0.4 is 4.90 Å². The van der Waals surface area contributed by atoms with E-state index in [1.807, 2.05) is 6.07 Å². The quantitative estimate of drug-likeness (QED) is 0.313. The number of rotatable bonds is 8. The average molecular weight is 569 g/mol. The Bertz CT molecular complexity index is 1470. The molecule has 39 heavy (non-hydrogen) atoms. The first kappa shape index (κ1) is 28.5. The van der Waals surface area contributed by atoms with Crippen LogP contribution in [0.5, 0.6) is 0 Å². The minimum absolute atomic E-state index is 0. The number of sulfonamides is 1. The maximum atomic E-state index is 13.4. The second kappa shape index (κ2) is 12.6. The number of hydrogen-bond donors (Lipinski definition) is 0. The third-order valence-corrected chi connectivity index (χ3v) is 8.58. The first-order valence-electron chi connectivity index (χ1n) is 12.6. The lowest BCUT2D eigenvalue weighted by atomic mass is 9.97. The topological polar surface area (TPSA) is 92.2 Å². The number of hydrogen-bond acceptors (Lipinski definition) is 7. The van der Waals surface area contributed by atoms with Gasteiger partial charge in [-0.15, -0.1) is 12.4 Å². The largest absolute Gasteiger partial charge is 0.354 e. The summed E-state index contributed by atoms with van der Waals surface area (Å²) in [5, 5.41) is 0. The van der Waals surface area contributed by atoms with E-state index in [4.69, 9.17) is 9.97 Å². The van der Waals surface area contributed by atoms with Gasteiger partial charge in [0.15, 0.2) is 0 Å². The Balaban J connectivity index is 0.00000353. The fraction of sp³-hybridized carbons (Fsp3) is 0.286. The number of anilines is 1. The van der Waals surface area contributed by atoms with Gasteiger partial charge in [0.05, 0.1) is 16.3 Å². The van der Waals surface area contributed by atoms with Crippen LogP contribution in [0.3, 0.4) is 0 Å². The molecule has 0 radical (unpaired) electrons. The third-order valence-electron chi connectivity index (χ3n) is 6.66. The van der Waals surface area contributed by atoms with Crippen molar-refractivity contribution in [2.24, 2.45) is 0 Å². The first-order valence-corrected chi connectivity index (χ1v) is 14.0. The standard InChI is InChI=1S/C28H29FN6O2S.ClH/c1-21(22-7-9-23(29)10-8-22)17-27-32-24(18-25-20-30-11-12-31-25)19-28(33-27)34-13-15-35(16-14-34)38(36,37)26-5-3-2-4-6-26;/h2-12,19-21H,13-18H2,1H3;1H/t21-;/m1./s1. The zero-order valence-corrected chi connectivity index (χ0v) is 23.2. The molecule has 3 heterocycles. The van der Waals surface area contributed by atoms with Crippen LogP contribution >= 0.6 is 12.4 Å². The summed E-state index contributed by atoms with van der Waals surface area (Å²) in [5.74, 6) is 1.26. The van der Waals surface area contributed by atoms with Crippen LogP contribution in [0.1, 0.15) is 35.6 Å². The van der Waals surface area contributed by atoms with E-state index in [1.54, 1.807) is 61.1 Å². The van der Waals surface area contributed by atoms with E-state index in [0.717, 1.165) is 22.8 Å². The van der Waals surface area contributed by atoms with Crippen molar-refractivity contribution in [3.05, 3.63) is 108 Å². The van der Waals surface area contributed by atoms with Crippen LogP contribution in [0.2, 0.25) is 0 Å². The average Bonchev–Trinajstić information content (AvgIpc) is 2.94. The van der Waals surface area contributed by atoms with Gasteiger partial charge in [-0.05, 0) is 35.7 Å². The third kappa shape index (κ3) is 6.95. The van der Waals surface area contributed by atoms with Gasteiger partial charge in [0.1, 0.15) is 17.5 Å². The molecular weight excluding hydrogens is 539 g/mol. The highest BCUT2D eigenvalue weighted by Gasteiger charge is 2.29. The van der Waals surface area contributed by atoms with Gasteiger partial charge in [-0.2, -0.15) is 4.31 Å². The van der Waals surface area contributed by atoms with E-state index in [9.17, 15) is 12.8 Å². The summed E-state index contributed by atoms with van der Waals surface area (Å²) in [5.41, 5.74) is 2.63. The molecule has 0 bridgehead atoms. The fourth-order valence-electron chi connectivity index (χ4n) is 4.57. The zero-order valence-electron chi connectivity index (χ0n) is 21.5. The molecule has 0 saturated carbocycles. The van der Waals surface area contributed by atoms with E-state index in [2.05, 4.69) is 21.8 Å². The Morgan fingerprint density at radius 3 is 2.31 bits per heavy atom. The molecule has 5 rings (SSSR count). The van der Waals surface area contributed by atoms with E-state index >= 15 is 0 Å². The normalized spacial score (nSPS) is 15.0. The molecular formula is C28H30ClFN6O2S. The Kier molecular flexibility index (Phi) is 9.21. The van der Waals surface area contributed by atoms with Gasteiger partial charge in [0.25, 0.3) is 0 Å². The van der Waals surface area contributed by atoms with Crippen LogP contribution in [-0.2, 0) is 22.9 Å². The Hall–Kier alpha value is -3.47. The summed E-state index contributed by atoms with van der Waals surface area (Å²) < 4.78 is 41.1. The van der Waals surface area contributed by atoms with Gasteiger partial charge in [-0.25, -0.2) is 22.8 Å². The lowest BCUT2D eigenvalue weighted by Crippen LogP contribution is -2.49. The predicted molar refractivity (Wildman–Crippen MR) is 150 cm³/mol. The summed E-state index contributed by atoms with van der Waals surface area (Å²) >= 11 is 0. The lowest BCUT2D eigenvalue weighted by molar-refractivity contribution is 0.383. The van der Waals surface area contributed by atoms with E-state index in [1.165, 1.54) is 16.4 Å². The first-order chi connectivity index (χ1) is 18.4. The Morgan fingerprint density at radius 1 is 0.923 bits per heavy atom. The van der Waals surface area contributed by atoms with Crippen molar-refractivity contribution in [1.29, 1.82) is 0 Å². The molecule has 1 atom stereocenters. The molecule has 11 heteroatoms. The number of halogens is 2. The Morgan fingerprint density at radius 2 is 1.64 bits per heavy atom. The molecule has 0 amide bonds. The second-order valence-electron chi connectivity index (χ2n) is 9.37. The van der Waals surface area contributed by atoms with Crippen LogP contribution in [0, 0.1) is 5.82 Å². The van der Waals surface area contributed by atoms with Crippen molar-refractivity contribution in [3.63, 3.8) is 0 Å². The van der Waals surface area contributed by atoms with E-state index < -0.39 is 10.0 Å². The Labute approximate surface area is 234 Å². The molecule has 1 fully saturated rings. The van der Waals surface area contributed by atoms with Gasteiger partial charge in [-0.3, -0.25) is 9.97 Å². The highest BCUT2D eigenvalue weighted by atomic mass is 35.5. The van der Waals surface area contributed by atoms with Crippen molar-refractivity contribution < 1.29 is 12.8 Å². The summed E-state index contributed by atoms with van der Waals surface area (Å²) in [6.07, 6.45) is 6.09. The highest BCUT2D eigenvalue weighted by Crippen LogP contribution is 2.24. The summed E-state index contributed by atoms with van der Waals surface area (Å²) in [4.78, 5) is 20.6. The molecule has 1 aliphatic rings. The van der Waals surface area contributed by atoms with Gasteiger partial charge < -0.3 is 4.90 Å². The monoisotopic (exact) mass is 568 g/mol. The smallest absolute Gasteiger partial charge is 0.243 e. The number of piperazine rings is 1. The molecule has 2 aromatic heterocycles. The van der Waals surface area contributed by atoms with Gasteiger partial charge in [0.2, 0.25) is 10.0 Å². The van der Waals surface area contributed by atoms with Crippen LogP contribution in [0.15, 0.2) is 84.1 Å². The summed E-state index contributed by atoms with van der Waals surface area (Å²) in [7, 11) is -3.54. The number of nitrogens with zero attached hydrogens (tertiary/aromatic N) is 6. The molecule has 1 saturated heterocycles. The van der Waals surface area contributed by atoms with E-state index in [0.29, 0.717) is 49.7 Å². The highest BCUT2D eigenvalue weighted by molar-refractivity contribution is 7.89. The van der Waals surface area contributed by atoms with Gasteiger partial charge >= 0.3 is 0 Å². The maximum Gasteiger partial charge on any atom is 0.243 e. The number of aromatic nitrogens is 4. The molecule has 4 aromatic rings. The van der Waals surface area contributed by atoms with Gasteiger partial charge in [0, 0.05) is 63.7 Å². The molecule has 8 nitrogen and oxygen atoms in total. The molecule has 1 aliphatic heterocycles. The lowest BCUT2D eigenvalue weighted by Gasteiger charge is -2.35. The maximum absolute atomic E-state index is 13.4. The SMILES string of the molecule is C[C@H](Cc1nc(Cc2cnccn2)cc(N2CCN(S(=O)(=O)c3ccccc3)CC2)n1)c1ccc(F)cc1.Cl. The number of benzene rings is 2. The van der Waals surface area contributed by atoms with Crippen molar-refractivity contribution in [2.45, 2.75) is 30.6 Å². The molecule has 0 N–H and O–H groups in total. The van der Waals surface area contributed by atoms with Crippen molar-refractivity contribution in [1.82, 2.24) is 24.2 Å². The van der Waals surface area contributed by atoms with Gasteiger partial charge in [-0.1, -0.05) is 37.3 Å². The minimum Gasteiger partial charge on any atom is -0.354 e. The molecule has 0 spiro atoms. The molecule has 0 unspecified atom stereocenters. The minimum atomic E-state index is -3.54. The van der Waals surface area contributed by atoms with Crippen LogP contribution in [-0.4, -0.2) is 58.8 Å². The summed E-state index contributed by atoms with van der Waals surface area (Å²) in [6.45, 7) is 3.82. The van der Waals surface area contributed by atoms with Crippen LogP contribution in [0.4, 0.5) is 10.2 Å². The summed E-state index contributed by atoms with van der Waals surface area (Å²) in [6, 6.07) is 17.0. The van der Waals surface area contributed by atoms with Crippen molar-refractivity contribution in [3.8, 4) is 0 Å². The van der Waals surface area contributed by atoms with Crippen molar-refractivity contribution in [2.75, 3.05) is 31.1 Å². The second-order valence-corrected chi connectivity index (χ2v) is 11.3. The fourth-order valence-corrected chi connectivity index (χ4v) is 6.01. The van der Waals surface area contributed by atoms with E-state index in [-0.39, 0.29) is 24.1 Å². The zero-order chi connectivity index (χ0) is 26.5. The molecule has 204 valence electrons. The molecule has 2 aromatic carbocycles. The van der Waals surface area contributed by atoms with Crippen LogP contribution in [0.25, 0.3) is 0 Å². The predicted octanol–water partition coefficient (Wildman–Crippen LogP) is 4.28. The molecule has 0 aliphatic carbocycles.